The molecule has 0 aliphatic heterocycles. The van der Waals surface area contributed by atoms with E-state index in [-0.39, 0.29) is 23.8 Å². The molecule has 0 atom stereocenters. The number of halogens is 1. The van der Waals surface area contributed by atoms with Gasteiger partial charge in [0.1, 0.15) is 11.6 Å². The number of carbonyl (C=O) groups excluding carboxylic acids is 1. The standard InChI is InChI=1S/C25H27FN6O3/c1-5-34-21-10-18-20(11-19(21)26)30-23(31-24(18)29-16-12-27-28-13-16)15-7-6-8-17(9-15)35-14-22(33)32-25(2,3)4/h6-13H,5,14H2,1-4H3,(H,27,28)(H,32,33)(H,29,30,31). The largest absolute Gasteiger partial charge is 0.491 e. The summed E-state index contributed by atoms with van der Waals surface area (Å²) in [5.74, 6) is 0.685. The number of hydrogen-bond acceptors (Lipinski definition) is 7. The molecular weight excluding hydrogens is 451 g/mol. The molecule has 0 fully saturated rings. The smallest absolute Gasteiger partial charge is 0.258 e. The Morgan fingerprint density at radius 3 is 2.69 bits per heavy atom. The number of aromatic nitrogens is 4. The third-order valence-electron chi connectivity index (χ3n) is 4.79. The van der Waals surface area contributed by atoms with E-state index < -0.39 is 5.82 Å². The number of anilines is 2. The van der Waals surface area contributed by atoms with Gasteiger partial charge in [-0.1, -0.05) is 12.1 Å². The van der Waals surface area contributed by atoms with Crippen molar-refractivity contribution >= 4 is 28.3 Å². The minimum atomic E-state index is -0.514. The second kappa shape index (κ2) is 9.96. The van der Waals surface area contributed by atoms with Gasteiger partial charge in [0.2, 0.25) is 0 Å². The number of benzene rings is 2. The van der Waals surface area contributed by atoms with Crippen molar-refractivity contribution in [2.24, 2.45) is 0 Å². The maximum atomic E-state index is 14.6. The molecule has 9 nitrogen and oxygen atoms in total. The van der Waals surface area contributed by atoms with Crippen molar-refractivity contribution in [3.05, 3.63) is 54.6 Å². The van der Waals surface area contributed by atoms with Crippen molar-refractivity contribution in [2.75, 3.05) is 18.5 Å². The Bertz CT molecular complexity index is 1340. The highest BCUT2D eigenvalue weighted by atomic mass is 19.1. The Kier molecular flexibility index (Phi) is 6.81. The van der Waals surface area contributed by atoms with Crippen LogP contribution in [0.25, 0.3) is 22.3 Å². The first-order chi connectivity index (χ1) is 16.7. The van der Waals surface area contributed by atoms with Crippen LogP contribution in [0.15, 0.2) is 48.8 Å². The number of nitrogens with zero attached hydrogens (tertiary/aromatic N) is 3. The maximum Gasteiger partial charge on any atom is 0.258 e. The number of ether oxygens (including phenoxy) is 2. The monoisotopic (exact) mass is 478 g/mol. The highest BCUT2D eigenvalue weighted by molar-refractivity contribution is 5.93. The van der Waals surface area contributed by atoms with Crippen LogP contribution < -0.4 is 20.1 Å². The van der Waals surface area contributed by atoms with E-state index in [0.29, 0.717) is 46.2 Å². The molecule has 4 rings (SSSR count). The van der Waals surface area contributed by atoms with E-state index >= 15 is 0 Å². The summed E-state index contributed by atoms with van der Waals surface area (Å²) >= 11 is 0. The molecule has 0 aliphatic rings. The minimum absolute atomic E-state index is 0.121. The third-order valence-corrected chi connectivity index (χ3v) is 4.79. The quantitative estimate of drug-likeness (QED) is 0.339. The number of hydrogen-bond donors (Lipinski definition) is 3. The Morgan fingerprint density at radius 2 is 1.97 bits per heavy atom. The first-order valence-electron chi connectivity index (χ1n) is 11.2. The van der Waals surface area contributed by atoms with Crippen LogP contribution in [0.1, 0.15) is 27.7 Å². The molecule has 0 saturated carbocycles. The number of carbonyl (C=O) groups is 1. The molecule has 0 bridgehead atoms. The lowest BCUT2D eigenvalue weighted by Crippen LogP contribution is -2.43. The summed E-state index contributed by atoms with van der Waals surface area (Å²) in [7, 11) is 0. The lowest BCUT2D eigenvalue weighted by atomic mass is 10.1. The van der Waals surface area contributed by atoms with E-state index in [9.17, 15) is 9.18 Å². The molecule has 4 aromatic rings. The Labute approximate surface area is 202 Å². The topological polar surface area (TPSA) is 114 Å². The number of H-pyrrole nitrogens is 1. The predicted molar refractivity (Wildman–Crippen MR) is 131 cm³/mol. The van der Waals surface area contributed by atoms with E-state index in [2.05, 4.69) is 30.8 Å². The lowest BCUT2D eigenvalue weighted by molar-refractivity contribution is -0.124. The zero-order valence-corrected chi connectivity index (χ0v) is 20.0. The van der Waals surface area contributed by atoms with E-state index in [1.165, 1.54) is 6.07 Å². The lowest BCUT2D eigenvalue weighted by Gasteiger charge is -2.20. The van der Waals surface area contributed by atoms with Crippen LogP contribution in [0, 0.1) is 5.82 Å². The molecule has 0 unspecified atom stereocenters. The Balaban J connectivity index is 1.69. The molecule has 10 heteroatoms. The number of aromatic amines is 1. The fourth-order valence-corrected chi connectivity index (χ4v) is 3.40. The van der Waals surface area contributed by atoms with Crippen molar-refractivity contribution in [2.45, 2.75) is 33.2 Å². The summed E-state index contributed by atoms with van der Waals surface area (Å²) in [5.41, 5.74) is 1.37. The van der Waals surface area contributed by atoms with Gasteiger partial charge in [0.25, 0.3) is 5.91 Å². The first kappa shape index (κ1) is 23.9. The highest BCUT2D eigenvalue weighted by Gasteiger charge is 2.16. The average molecular weight is 479 g/mol. The van der Waals surface area contributed by atoms with Gasteiger partial charge >= 0.3 is 0 Å². The van der Waals surface area contributed by atoms with Crippen molar-refractivity contribution in [3.63, 3.8) is 0 Å². The number of nitrogens with one attached hydrogen (secondary N) is 3. The number of rotatable bonds is 8. The molecule has 35 heavy (non-hydrogen) atoms. The molecular formula is C25H27FN6O3. The fraction of sp³-hybridized carbons (Fsp3) is 0.280. The highest BCUT2D eigenvalue weighted by Crippen LogP contribution is 2.32. The summed E-state index contributed by atoms with van der Waals surface area (Å²) in [6.45, 7) is 7.69. The van der Waals surface area contributed by atoms with E-state index in [0.717, 1.165) is 0 Å². The maximum absolute atomic E-state index is 14.6. The summed E-state index contributed by atoms with van der Waals surface area (Å²) in [6, 6.07) is 9.97. The van der Waals surface area contributed by atoms with Gasteiger partial charge in [0.15, 0.2) is 24.0 Å². The SMILES string of the molecule is CCOc1cc2c(Nc3cn[nH]c3)nc(-c3cccc(OCC(=O)NC(C)(C)C)c3)nc2cc1F. The van der Waals surface area contributed by atoms with Crippen LogP contribution in [-0.4, -0.2) is 44.8 Å². The molecule has 1 amide bonds. The van der Waals surface area contributed by atoms with Gasteiger partial charge in [-0.25, -0.2) is 14.4 Å². The van der Waals surface area contributed by atoms with Crippen LogP contribution >= 0.6 is 0 Å². The molecule has 0 aliphatic carbocycles. The number of amides is 1. The zero-order valence-electron chi connectivity index (χ0n) is 20.0. The second-order valence-electron chi connectivity index (χ2n) is 8.86. The molecule has 2 aromatic heterocycles. The minimum Gasteiger partial charge on any atom is -0.491 e. The fourth-order valence-electron chi connectivity index (χ4n) is 3.40. The van der Waals surface area contributed by atoms with Gasteiger partial charge in [-0.3, -0.25) is 9.89 Å². The molecule has 0 saturated heterocycles. The van der Waals surface area contributed by atoms with Crippen LogP contribution in [0.4, 0.5) is 15.9 Å². The summed E-state index contributed by atoms with van der Waals surface area (Å²) in [6.07, 6.45) is 3.29. The van der Waals surface area contributed by atoms with E-state index in [1.807, 2.05) is 26.8 Å². The van der Waals surface area contributed by atoms with Crippen molar-refractivity contribution in [3.8, 4) is 22.9 Å². The number of fused-ring (bicyclic) bond motifs is 1. The van der Waals surface area contributed by atoms with Crippen molar-refractivity contribution in [1.82, 2.24) is 25.5 Å². The van der Waals surface area contributed by atoms with Crippen LogP contribution in [0.3, 0.4) is 0 Å². The Morgan fingerprint density at radius 1 is 1.14 bits per heavy atom. The van der Waals surface area contributed by atoms with Crippen LogP contribution in [-0.2, 0) is 4.79 Å². The van der Waals surface area contributed by atoms with Crippen LogP contribution in [0.5, 0.6) is 11.5 Å². The van der Waals surface area contributed by atoms with Crippen LogP contribution in [0.2, 0.25) is 0 Å². The van der Waals surface area contributed by atoms with Gasteiger partial charge in [-0.2, -0.15) is 5.10 Å². The second-order valence-corrected chi connectivity index (χ2v) is 8.86. The molecule has 182 valence electrons. The average Bonchev–Trinajstić information content (AvgIpc) is 3.31. The van der Waals surface area contributed by atoms with E-state index in [1.54, 1.807) is 43.6 Å². The van der Waals surface area contributed by atoms with Gasteiger partial charge in [-0.15, -0.1) is 0 Å². The molecule has 3 N–H and O–H groups in total. The van der Waals surface area contributed by atoms with Crippen molar-refractivity contribution in [1.29, 1.82) is 0 Å². The van der Waals surface area contributed by atoms with Gasteiger partial charge in [0.05, 0.1) is 24.0 Å². The third kappa shape index (κ3) is 6.03. The summed E-state index contributed by atoms with van der Waals surface area (Å²) in [5, 5.41) is 13.3. The van der Waals surface area contributed by atoms with Gasteiger partial charge < -0.3 is 20.1 Å². The molecule has 2 heterocycles. The van der Waals surface area contributed by atoms with Crippen molar-refractivity contribution < 1.29 is 18.7 Å². The molecule has 2 aromatic carbocycles. The molecule has 0 radical (unpaired) electrons. The van der Waals surface area contributed by atoms with Gasteiger partial charge in [0, 0.05) is 28.8 Å². The predicted octanol–water partition coefficient (Wildman–Crippen LogP) is 4.59. The first-order valence-corrected chi connectivity index (χ1v) is 11.2. The Hall–Kier alpha value is -4.21. The van der Waals surface area contributed by atoms with E-state index in [4.69, 9.17) is 9.47 Å². The zero-order chi connectivity index (χ0) is 25.0. The summed E-state index contributed by atoms with van der Waals surface area (Å²) in [4.78, 5) is 21.4. The summed E-state index contributed by atoms with van der Waals surface area (Å²) < 4.78 is 25.7. The van der Waals surface area contributed by atoms with Gasteiger partial charge in [-0.05, 0) is 45.9 Å². The molecule has 0 spiro atoms. The normalized spacial score (nSPS) is 11.3.